The number of esters is 1. The van der Waals surface area contributed by atoms with E-state index in [0.717, 1.165) is 10.5 Å². The van der Waals surface area contributed by atoms with E-state index in [-0.39, 0.29) is 16.8 Å². The maximum atomic E-state index is 14.0. The van der Waals surface area contributed by atoms with Gasteiger partial charge in [0.15, 0.2) is 0 Å². The van der Waals surface area contributed by atoms with Crippen LogP contribution in [0.2, 0.25) is 0 Å². The highest BCUT2D eigenvalue weighted by Gasteiger charge is 2.65. The Hall–Kier alpha value is -2.50. The highest BCUT2D eigenvalue weighted by Crippen LogP contribution is 2.50. The molecule has 0 aliphatic carbocycles. The fourth-order valence-electron chi connectivity index (χ4n) is 2.85. The molecule has 1 aliphatic rings. The molecule has 1 atom stereocenters. The van der Waals surface area contributed by atoms with E-state index in [1.807, 2.05) is 0 Å². The van der Waals surface area contributed by atoms with Crippen molar-refractivity contribution in [2.24, 2.45) is 0 Å². The average molecular weight is 321 g/mol. The summed E-state index contributed by atoms with van der Waals surface area (Å²) in [5, 5.41) is 0. The van der Waals surface area contributed by atoms with Gasteiger partial charge in [-0.2, -0.15) is 13.2 Å². The smallest absolute Gasteiger partial charge is 0.421 e. The lowest BCUT2D eigenvalue weighted by molar-refractivity contribution is -0.265. The van der Waals surface area contributed by atoms with Crippen LogP contribution in [0.5, 0.6) is 0 Å². The van der Waals surface area contributed by atoms with Crippen molar-refractivity contribution in [1.29, 1.82) is 0 Å². The molecule has 0 saturated heterocycles. The molecule has 120 valence electrons. The number of carbonyl (C=O) groups is 1. The van der Waals surface area contributed by atoms with Crippen LogP contribution < -0.4 is 4.90 Å². The van der Waals surface area contributed by atoms with Gasteiger partial charge in [0.25, 0.3) is 0 Å². The zero-order valence-corrected chi connectivity index (χ0v) is 12.5. The van der Waals surface area contributed by atoms with E-state index in [4.69, 9.17) is 4.74 Å². The van der Waals surface area contributed by atoms with E-state index in [0.29, 0.717) is 0 Å². The number of hydrogen-bond donors (Lipinski definition) is 0. The Bertz CT molecular complexity index is 758. The van der Waals surface area contributed by atoms with Crippen molar-refractivity contribution in [3.63, 3.8) is 0 Å². The Labute approximate surface area is 131 Å². The number of nitrogens with zero attached hydrogens (tertiary/aromatic N) is 1. The van der Waals surface area contributed by atoms with Crippen LogP contribution in [0, 0.1) is 6.92 Å². The molecule has 1 aliphatic heterocycles. The minimum Gasteiger partial charge on any atom is -0.421 e. The summed E-state index contributed by atoms with van der Waals surface area (Å²) in [5.41, 5.74) is -1.91. The number of fused-ring (bicyclic) bond motifs is 1. The third kappa shape index (κ3) is 2.17. The maximum Gasteiger partial charge on any atom is 0.453 e. The Morgan fingerprint density at radius 2 is 1.74 bits per heavy atom. The summed E-state index contributed by atoms with van der Waals surface area (Å²) in [6, 6.07) is 11.9. The van der Waals surface area contributed by atoms with Crippen molar-refractivity contribution in [2.75, 3.05) is 11.9 Å². The van der Waals surface area contributed by atoms with Crippen LogP contribution in [0.25, 0.3) is 0 Å². The number of alkyl halides is 3. The molecule has 2 aromatic carbocycles. The molecule has 3 rings (SSSR count). The second kappa shape index (κ2) is 5.01. The predicted molar refractivity (Wildman–Crippen MR) is 79.2 cm³/mol. The van der Waals surface area contributed by atoms with Crippen molar-refractivity contribution < 1.29 is 22.7 Å². The molecule has 1 heterocycles. The average Bonchev–Trinajstić information content (AvgIpc) is 2.50. The van der Waals surface area contributed by atoms with Crippen LogP contribution in [-0.4, -0.2) is 19.2 Å². The molecule has 0 aromatic heterocycles. The minimum absolute atomic E-state index is 0.119. The number of ether oxygens (including phenoxy) is 1. The van der Waals surface area contributed by atoms with Crippen LogP contribution >= 0.6 is 0 Å². The Kier molecular flexibility index (Phi) is 3.35. The Morgan fingerprint density at radius 3 is 2.35 bits per heavy atom. The van der Waals surface area contributed by atoms with E-state index in [2.05, 4.69) is 0 Å². The predicted octanol–water partition coefficient (Wildman–Crippen LogP) is 4.02. The third-order valence-electron chi connectivity index (χ3n) is 4.00. The monoisotopic (exact) mass is 321 g/mol. The van der Waals surface area contributed by atoms with E-state index in [1.54, 1.807) is 25.1 Å². The minimum atomic E-state index is -4.81. The largest absolute Gasteiger partial charge is 0.453 e. The molecule has 6 heteroatoms. The van der Waals surface area contributed by atoms with Gasteiger partial charge in [0, 0.05) is 12.6 Å². The van der Waals surface area contributed by atoms with Gasteiger partial charge in [0.2, 0.25) is 0 Å². The summed E-state index contributed by atoms with van der Waals surface area (Å²) < 4.78 is 46.9. The fourth-order valence-corrected chi connectivity index (χ4v) is 2.85. The van der Waals surface area contributed by atoms with Crippen LogP contribution in [0.4, 0.5) is 18.9 Å². The number of halogens is 3. The molecule has 0 N–H and O–H groups in total. The molecule has 0 fully saturated rings. The molecular weight excluding hydrogens is 307 g/mol. The number of benzene rings is 2. The molecule has 0 bridgehead atoms. The maximum absolute atomic E-state index is 14.0. The van der Waals surface area contributed by atoms with Crippen LogP contribution in [0.3, 0.4) is 0 Å². The molecule has 0 spiro atoms. The third-order valence-corrected chi connectivity index (χ3v) is 4.00. The number of cyclic esters (lactones) is 1. The molecule has 0 unspecified atom stereocenters. The lowest BCUT2D eigenvalue weighted by Crippen LogP contribution is -2.60. The van der Waals surface area contributed by atoms with Gasteiger partial charge in [-0.1, -0.05) is 36.4 Å². The van der Waals surface area contributed by atoms with Gasteiger partial charge in [0.1, 0.15) is 0 Å². The molecule has 2 aromatic rings. The molecule has 0 amide bonds. The van der Waals surface area contributed by atoms with Crippen molar-refractivity contribution in [3.05, 3.63) is 65.2 Å². The zero-order chi connectivity index (χ0) is 16.8. The first-order chi connectivity index (χ1) is 10.8. The Morgan fingerprint density at radius 1 is 1.09 bits per heavy atom. The highest BCUT2D eigenvalue weighted by atomic mass is 19.4. The lowest BCUT2D eigenvalue weighted by Gasteiger charge is -2.46. The number of rotatable bonds is 1. The van der Waals surface area contributed by atoms with Gasteiger partial charge in [-0.3, -0.25) is 0 Å². The zero-order valence-electron chi connectivity index (χ0n) is 12.5. The summed E-state index contributed by atoms with van der Waals surface area (Å²) in [6.07, 6.45) is -4.81. The topological polar surface area (TPSA) is 29.5 Å². The van der Waals surface area contributed by atoms with Crippen molar-refractivity contribution >= 4 is 11.7 Å². The number of carbonyl (C=O) groups excluding carboxylic acids is 1. The van der Waals surface area contributed by atoms with Gasteiger partial charge < -0.3 is 9.64 Å². The lowest BCUT2D eigenvalue weighted by atomic mass is 9.95. The number of anilines is 1. The van der Waals surface area contributed by atoms with Gasteiger partial charge in [-0.05, 0) is 24.6 Å². The number of aryl methyl sites for hydroxylation is 1. The SMILES string of the molecule is Cc1ccc2c(c1)N(C)[C@](c1ccccc1)(C(F)(F)F)OC2=O. The molecule has 0 radical (unpaired) electrons. The second-order valence-electron chi connectivity index (χ2n) is 5.48. The molecular formula is C17H14F3NO2. The van der Waals surface area contributed by atoms with E-state index >= 15 is 0 Å². The van der Waals surface area contributed by atoms with Gasteiger partial charge in [-0.15, -0.1) is 0 Å². The van der Waals surface area contributed by atoms with Crippen molar-refractivity contribution in [1.82, 2.24) is 0 Å². The highest BCUT2D eigenvalue weighted by molar-refractivity contribution is 5.98. The first kappa shape index (κ1) is 15.4. The quantitative estimate of drug-likeness (QED) is 0.743. The Balaban J connectivity index is 2.29. The summed E-state index contributed by atoms with van der Waals surface area (Å²) in [6.45, 7) is 1.76. The van der Waals surface area contributed by atoms with E-state index < -0.39 is 17.9 Å². The second-order valence-corrected chi connectivity index (χ2v) is 5.48. The summed E-state index contributed by atoms with van der Waals surface area (Å²) in [7, 11) is 1.28. The van der Waals surface area contributed by atoms with Crippen LogP contribution in [0.15, 0.2) is 48.5 Å². The first-order valence-corrected chi connectivity index (χ1v) is 6.97. The number of hydrogen-bond acceptors (Lipinski definition) is 3. The summed E-state index contributed by atoms with van der Waals surface area (Å²) >= 11 is 0. The molecule has 3 nitrogen and oxygen atoms in total. The fraction of sp³-hybridized carbons (Fsp3) is 0.235. The van der Waals surface area contributed by atoms with Gasteiger partial charge >= 0.3 is 17.9 Å². The van der Waals surface area contributed by atoms with Crippen molar-refractivity contribution in [3.8, 4) is 0 Å². The summed E-state index contributed by atoms with van der Waals surface area (Å²) in [4.78, 5) is 13.2. The van der Waals surface area contributed by atoms with Crippen LogP contribution in [-0.2, 0) is 10.5 Å². The summed E-state index contributed by atoms with van der Waals surface area (Å²) in [5.74, 6) is -0.987. The van der Waals surface area contributed by atoms with Gasteiger partial charge in [0.05, 0.1) is 11.3 Å². The standard InChI is InChI=1S/C17H14F3NO2/c1-11-8-9-13-14(10-11)21(2)16(17(18,19)20,23-15(13)22)12-6-4-3-5-7-12/h3-10H,1-2H3/t16-/m0/s1. The van der Waals surface area contributed by atoms with Crippen molar-refractivity contribution in [2.45, 2.75) is 18.8 Å². The normalized spacial score (nSPS) is 20.9. The molecule has 23 heavy (non-hydrogen) atoms. The van der Waals surface area contributed by atoms with E-state index in [1.165, 1.54) is 37.4 Å². The van der Waals surface area contributed by atoms with Gasteiger partial charge in [-0.25, -0.2) is 4.79 Å². The van der Waals surface area contributed by atoms with E-state index in [9.17, 15) is 18.0 Å². The first-order valence-electron chi connectivity index (χ1n) is 6.97. The van der Waals surface area contributed by atoms with Crippen LogP contribution in [0.1, 0.15) is 21.5 Å². The molecule has 0 saturated carbocycles.